The maximum absolute atomic E-state index is 13.7. The first kappa shape index (κ1) is 32.2. The number of nitrogens with one attached hydrogen (secondary N) is 1. The third kappa shape index (κ3) is 7.30. The van der Waals surface area contributed by atoms with Crippen LogP contribution in [0.2, 0.25) is 0 Å². The van der Waals surface area contributed by atoms with Gasteiger partial charge in [0.15, 0.2) is 0 Å². The van der Waals surface area contributed by atoms with Gasteiger partial charge in [-0.1, -0.05) is 31.2 Å². The Kier molecular flexibility index (Phi) is 10.4. The minimum atomic E-state index is -0.0117. The van der Waals surface area contributed by atoms with E-state index in [1.165, 1.54) is 36.8 Å². The van der Waals surface area contributed by atoms with E-state index in [-0.39, 0.29) is 5.91 Å². The monoisotopic (exact) mass is 621 g/mol. The number of benzene rings is 1. The smallest absolute Gasteiger partial charge is 0.254 e. The van der Waals surface area contributed by atoms with E-state index in [0.29, 0.717) is 12.5 Å². The number of nitrogens with zero attached hydrogens (tertiary/aromatic N) is 4. The fourth-order valence-electron chi connectivity index (χ4n) is 7.74. The predicted molar refractivity (Wildman–Crippen MR) is 187 cm³/mol. The number of carbonyl (C=O) groups excluding carboxylic acids is 1. The molecule has 2 fully saturated rings. The summed E-state index contributed by atoms with van der Waals surface area (Å²) in [7, 11) is 0. The van der Waals surface area contributed by atoms with E-state index in [4.69, 9.17) is 14.7 Å². The van der Waals surface area contributed by atoms with E-state index >= 15 is 0 Å². The van der Waals surface area contributed by atoms with Crippen molar-refractivity contribution in [3.8, 4) is 0 Å². The summed E-state index contributed by atoms with van der Waals surface area (Å²) in [6, 6.07) is 15.0. The van der Waals surface area contributed by atoms with Crippen LogP contribution < -0.4 is 10.2 Å². The van der Waals surface area contributed by atoms with Gasteiger partial charge in [-0.3, -0.25) is 9.78 Å². The van der Waals surface area contributed by atoms with Crippen LogP contribution in [0, 0.1) is 32.6 Å². The third-order valence-electron chi connectivity index (χ3n) is 10.3. The van der Waals surface area contributed by atoms with Crippen LogP contribution in [0.25, 0.3) is 10.9 Å². The number of carbonyl (C=O) groups is 1. The molecule has 46 heavy (non-hydrogen) atoms. The maximum Gasteiger partial charge on any atom is 0.254 e. The Bertz CT molecular complexity index is 1630. The zero-order valence-corrected chi connectivity index (χ0v) is 28.3. The number of rotatable bonds is 9. The van der Waals surface area contributed by atoms with Gasteiger partial charge in [0, 0.05) is 73.6 Å². The van der Waals surface area contributed by atoms with Gasteiger partial charge < -0.3 is 19.5 Å². The number of fused-ring (bicyclic) bond motifs is 1. The van der Waals surface area contributed by atoms with Crippen molar-refractivity contribution in [2.45, 2.75) is 92.2 Å². The van der Waals surface area contributed by atoms with Gasteiger partial charge in [-0.25, -0.2) is 4.98 Å². The molecule has 0 spiro atoms. The number of amides is 1. The number of anilines is 1. The lowest BCUT2D eigenvalue weighted by atomic mass is 9.91. The van der Waals surface area contributed by atoms with Gasteiger partial charge in [0.1, 0.15) is 5.82 Å². The Morgan fingerprint density at radius 2 is 1.74 bits per heavy atom. The zero-order valence-electron chi connectivity index (χ0n) is 28.3. The van der Waals surface area contributed by atoms with Crippen LogP contribution in [-0.2, 0) is 30.7 Å². The average Bonchev–Trinajstić information content (AvgIpc) is 3.32. The SMILES string of the molecule is CCc1nc(C)cc(C)c1CNC(=O)c1c(C)n(CC2CCN(c3ccc(CC4CCCOCCC4)cn3)CC2)c2ccccc12. The molecule has 7 heteroatoms. The molecule has 0 atom stereocenters. The van der Waals surface area contributed by atoms with Crippen LogP contribution in [0.1, 0.15) is 89.6 Å². The molecule has 0 saturated carbocycles. The quantitative estimate of drug-likeness (QED) is 0.209. The molecule has 7 nitrogen and oxygen atoms in total. The van der Waals surface area contributed by atoms with Crippen LogP contribution in [-0.4, -0.2) is 46.7 Å². The molecule has 0 aliphatic carbocycles. The second-order valence-electron chi connectivity index (χ2n) is 13.6. The first-order chi connectivity index (χ1) is 22.4. The molecule has 5 heterocycles. The Morgan fingerprint density at radius 3 is 2.46 bits per heavy atom. The topological polar surface area (TPSA) is 72.3 Å². The minimum absolute atomic E-state index is 0.0117. The minimum Gasteiger partial charge on any atom is -0.381 e. The van der Waals surface area contributed by atoms with E-state index < -0.39 is 0 Å². The van der Waals surface area contributed by atoms with Crippen LogP contribution >= 0.6 is 0 Å². The van der Waals surface area contributed by atoms with Crippen molar-refractivity contribution in [2.75, 3.05) is 31.2 Å². The number of aromatic nitrogens is 3. The first-order valence-corrected chi connectivity index (χ1v) is 17.5. The second-order valence-corrected chi connectivity index (χ2v) is 13.6. The summed E-state index contributed by atoms with van der Waals surface area (Å²) in [5, 5.41) is 4.27. The average molecular weight is 622 g/mol. The van der Waals surface area contributed by atoms with Crippen molar-refractivity contribution < 1.29 is 9.53 Å². The number of piperidine rings is 1. The molecule has 244 valence electrons. The number of pyridine rings is 2. The third-order valence-corrected chi connectivity index (χ3v) is 10.3. The normalized spacial score (nSPS) is 16.8. The molecule has 4 aromatic rings. The molecular weight excluding hydrogens is 570 g/mol. The summed E-state index contributed by atoms with van der Waals surface area (Å²) >= 11 is 0. The first-order valence-electron chi connectivity index (χ1n) is 17.5. The van der Waals surface area contributed by atoms with Gasteiger partial charge >= 0.3 is 0 Å². The fourth-order valence-corrected chi connectivity index (χ4v) is 7.74. The Labute approximate surface area is 274 Å². The number of para-hydroxylation sites is 1. The summed E-state index contributed by atoms with van der Waals surface area (Å²) < 4.78 is 8.01. The molecule has 0 radical (unpaired) electrons. The Hall–Kier alpha value is -3.71. The van der Waals surface area contributed by atoms with E-state index in [0.717, 1.165) is 109 Å². The molecule has 0 bridgehead atoms. The second kappa shape index (κ2) is 14.8. The standard InChI is InChI=1S/C39H51N5O2/c1-5-35-34(27(2)22-28(3)42-35)25-41-39(45)38-29(4)44(36-13-7-6-12-33(36)38)26-31-16-18-43(19-17-31)37-15-14-32(24-40-37)23-30-10-8-20-46-21-9-11-30/h6-7,12-15,22,24,30-31H,5,8-11,16-21,23,25-26H2,1-4H3,(H,41,45). The van der Waals surface area contributed by atoms with E-state index in [1.54, 1.807) is 0 Å². The summed E-state index contributed by atoms with van der Waals surface area (Å²) in [6.45, 7) is 13.6. The molecule has 2 aliphatic heterocycles. The van der Waals surface area contributed by atoms with E-state index in [9.17, 15) is 4.79 Å². The van der Waals surface area contributed by atoms with Gasteiger partial charge in [0.25, 0.3) is 5.91 Å². The van der Waals surface area contributed by atoms with Crippen molar-refractivity contribution in [2.24, 2.45) is 11.8 Å². The van der Waals surface area contributed by atoms with Crippen molar-refractivity contribution in [3.63, 3.8) is 0 Å². The molecule has 2 aliphatic rings. The van der Waals surface area contributed by atoms with Gasteiger partial charge in [-0.15, -0.1) is 0 Å². The predicted octanol–water partition coefficient (Wildman–Crippen LogP) is 7.51. The lowest BCUT2D eigenvalue weighted by Crippen LogP contribution is -2.35. The van der Waals surface area contributed by atoms with Crippen molar-refractivity contribution >= 4 is 22.6 Å². The Morgan fingerprint density at radius 1 is 0.978 bits per heavy atom. The van der Waals surface area contributed by atoms with Gasteiger partial charge in [-0.2, -0.15) is 0 Å². The van der Waals surface area contributed by atoms with Gasteiger partial charge in [-0.05, 0) is 119 Å². The maximum atomic E-state index is 13.7. The zero-order chi connectivity index (χ0) is 32.0. The summed E-state index contributed by atoms with van der Waals surface area (Å²) in [6.07, 6.45) is 11.2. The largest absolute Gasteiger partial charge is 0.381 e. The fraction of sp³-hybridized carbons (Fsp3) is 0.513. The number of hydrogen-bond donors (Lipinski definition) is 1. The molecule has 2 saturated heterocycles. The highest BCUT2D eigenvalue weighted by molar-refractivity contribution is 6.08. The number of aryl methyl sites for hydroxylation is 3. The van der Waals surface area contributed by atoms with Crippen molar-refractivity contribution in [1.82, 2.24) is 19.9 Å². The summed E-state index contributed by atoms with van der Waals surface area (Å²) in [5.74, 6) is 2.38. The molecule has 0 unspecified atom stereocenters. The highest BCUT2D eigenvalue weighted by Gasteiger charge is 2.25. The van der Waals surface area contributed by atoms with Crippen LogP contribution in [0.5, 0.6) is 0 Å². The highest BCUT2D eigenvalue weighted by Crippen LogP contribution is 2.31. The Balaban J connectivity index is 1.09. The molecular formula is C39H51N5O2. The summed E-state index contributed by atoms with van der Waals surface area (Å²) in [5.41, 5.74) is 8.74. The van der Waals surface area contributed by atoms with E-state index in [2.05, 4.69) is 78.2 Å². The van der Waals surface area contributed by atoms with Gasteiger partial charge in [0.05, 0.1) is 5.56 Å². The van der Waals surface area contributed by atoms with Crippen molar-refractivity contribution in [1.29, 1.82) is 0 Å². The highest BCUT2D eigenvalue weighted by atomic mass is 16.5. The van der Waals surface area contributed by atoms with Crippen molar-refractivity contribution in [3.05, 3.63) is 88.0 Å². The van der Waals surface area contributed by atoms with E-state index in [1.807, 2.05) is 13.0 Å². The molecule has 1 aromatic carbocycles. The number of ether oxygens (including phenoxy) is 1. The molecule has 6 rings (SSSR count). The molecule has 1 N–H and O–H groups in total. The van der Waals surface area contributed by atoms with Crippen LogP contribution in [0.4, 0.5) is 5.82 Å². The van der Waals surface area contributed by atoms with Crippen LogP contribution in [0.15, 0.2) is 48.7 Å². The number of hydrogen-bond acceptors (Lipinski definition) is 5. The molecule has 3 aromatic heterocycles. The summed E-state index contributed by atoms with van der Waals surface area (Å²) in [4.78, 5) is 25.8. The van der Waals surface area contributed by atoms with Gasteiger partial charge in [0.2, 0.25) is 0 Å². The van der Waals surface area contributed by atoms with Crippen LogP contribution in [0.3, 0.4) is 0 Å². The lowest BCUT2D eigenvalue weighted by molar-refractivity contribution is 0.0951. The molecule has 1 amide bonds. The lowest BCUT2D eigenvalue weighted by Gasteiger charge is -2.33.